The van der Waals surface area contributed by atoms with E-state index in [1.54, 1.807) is 7.11 Å². The molecule has 2 nitrogen and oxygen atoms in total. The lowest BCUT2D eigenvalue weighted by Crippen LogP contribution is -2.05. The van der Waals surface area contributed by atoms with E-state index < -0.39 is 6.10 Å². The quantitative estimate of drug-likeness (QED) is 0.776. The number of fused-ring (bicyclic) bond motifs is 1. The monoisotopic (exact) mass is 278 g/mol. The maximum absolute atomic E-state index is 10.9. The van der Waals surface area contributed by atoms with Crippen molar-refractivity contribution < 1.29 is 9.84 Å². The topological polar surface area (TPSA) is 29.5 Å². The van der Waals surface area contributed by atoms with Crippen LogP contribution in [0, 0.1) is 6.92 Å². The highest BCUT2D eigenvalue weighted by molar-refractivity contribution is 5.88. The van der Waals surface area contributed by atoms with Crippen LogP contribution in [0.4, 0.5) is 0 Å². The minimum atomic E-state index is -0.702. The predicted molar refractivity (Wildman–Crippen MR) is 85.7 cm³/mol. The van der Waals surface area contributed by atoms with Crippen LogP contribution in [-0.2, 0) is 0 Å². The van der Waals surface area contributed by atoms with Gasteiger partial charge in [-0.3, -0.25) is 0 Å². The van der Waals surface area contributed by atoms with E-state index in [0.717, 1.165) is 27.5 Å². The van der Waals surface area contributed by atoms with Gasteiger partial charge >= 0.3 is 0 Å². The molecule has 1 atom stereocenters. The summed E-state index contributed by atoms with van der Waals surface area (Å²) in [7, 11) is 1.64. The number of hydrogen-bond acceptors (Lipinski definition) is 2. The van der Waals surface area contributed by atoms with E-state index in [0.29, 0.717) is 5.75 Å². The summed E-state index contributed by atoms with van der Waals surface area (Å²) in [5.74, 6) is 0.712. The van der Waals surface area contributed by atoms with Crippen molar-refractivity contribution in [1.29, 1.82) is 0 Å². The van der Waals surface area contributed by atoms with Crippen molar-refractivity contribution in [3.63, 3.8) is 0 Å². The largest absolute Gasteiger partial charge is 0.496 e. The first-order valence-corrected chi connectivity index (χ1v) is 7.01. The molecule has 0 saturated carbocycles. The summed E-state index contributed by atoms with van der Waals surface area (Å²) in [6.07, 6.45) is -0.702. The first kappa shape index (κ1) is 13.7. The van der Waals surface area contributed by atoms with Gasteiger partial charge in [-0.1, -0.05) is 54.6 Å². The molecule has 0 aliphatic rings. The fourth-order valence-corrected chi connectivity index (χ4v) is 2.78. The second-order valence-electron chi connectivity index (χ2n) is 5.16. The number of methoxy groups -OCH3 is 1. The smallest absolute Gasteiger partial charge is 0.125 e. The lowest BCUT2D eigenvalue weighted by molar-refractivity contribution is 0.215. The molecule has 3 rings (SSSR count). The second kappa shape index (κ2) is 5.58. The maximum atomic E-state index is 10.9. The molecule has 0 amide bonds. The van der Waals surface area contributed by atoms with Crippen molar-refractivity contribution in [3.05, 3.63) is 77.4 Å². The van der Waals surface area contributed by atoms with E-state index >= 15 is 0 Å². The van der Waals surface area contributed by atoms with Crippen LogP contribution in [0.5, 0.6) is 5.75 Å². The van der Waals surface area contributed by atoms with Crippen LogP contribution in [0.2, 0.25) is 0 Å². The fraction of sp³-hybridized carbons (Fsp3) is 0.158. The molecule has 3 aromatic carbocycles. The third kappa shape index (κ3) is 2.39. The second-order valence-corrected chi connectivity index (χ2v) is 5.16. The van der Waals surface area contributed by atoms with Crippen LogP contribution in [0.25, 0.3) is 10.8 Å². The molecule has 0 bridgehead atoms. The maximum Gasteiger partial charge on any atom is 0.125 e. The predicted octanol–water partition coefficient (Wildman–Crippen LogP) is 4.24. The third-order valence-electron chi connectivity index (χ3n) is 3.91. The Morgan fingerprint density at radius 2 is 1.62 bits per heavy atom. The van der Waals surface area contributed by atoms with Crippen molar-refractivity contribution in [2.75, 3.05) is 7.11 Å². The zero-order valence-corrected chi connectivity index (χ0v) is 12.2. The Kier molecular flexibility index (Phi) is 3.63. The average molecular weight is 278 g/mol. The lowest BCUT2D eigenvalue weighted by atomic mass is 9.93. The standard InChI is InChI=1S/C19H18O2/c1-13-7-3-5-9-15(13)19(20)18-16-10-6-4-8-14(16)11-12-17(18)21-2/h3-12,19-20H,1-2H3. The molecule has 0 aromatic heterocycles. The van der Waals surface area contributed by atoms with E-state index in [1.165, 1.54) is 0 Å². The molecule has 0 heterocycles. The van der Waals surface area contributed by atoms with Crippen LogP contribution in [-0.4, -0.2) is 12.2 Å². The Morgan fingerprint density at radius 3 is 2.38 bits per heavy atom. The summed E-state index contributed by atoms with van der Waals surface area (Å²) in [6.45, 7) is 2.01. The molecule has 1 N–H and O–H groups in total. The van der Waals surface area contributed by atoms with E-state index in [4.69, 9.17) is 4.74 Å². The van der Waals surface area contributed by atoms with Crippen molar-refractivity contribution in [2.45, 2.75) is 13.0 Å². The van der Waals surface area contributed by atoms with Crippen molar-refractivity contribution in [3.8, 4) is 5.75 Å². The number of hydrogen-bond donors (Lipinski definition) is 1. The van der Waals surface area contributed by atoms with Gasteiger partial charge in [-0.25, -0.2) is 0 Å². The minimum absolute atomic E-state index is 0.702. The minimum Gasteiger partial charge on any atom is -0.496 e. The molecule has 3 aromatic rings. The summed E-state index contributed by atoms with van der Waals surface area (Å²) in [5, 5.41) is 13.0. The molecule has 0 spiro atoms. The Balaban J connectivity index is 2.25. The molecule has 106 valence electrons. The van der Waals surface area contributed by atoms with E-state index in [9.17, 15) is 5.11 Å². The molecule has 2 heteroatoms. The van der Waals surface area contributed by atoms with Crippen LogP contribution in [0.1, 0.15) is 22.8 Å². The summed E-state index contributed by atoms with van der Waals surface area (Å²) in [6, 6.07) is 19.9. The Hall–Kier alpha value is -2.32. The van der Waals surface area contributed by atoms with E-state index in [1.807, 2.05) is 67.6 Å². The summed E-state index contributed by atoms with van der Waals surface area (Å²) < 4.78 is 5.48. The molecule has 0 aliphatic heterocycles. The first-order chi connectivity index (χ1) is 10.2. The Morgan fingerprint density at radius 1 is 0.905 bits per heavy atom. The molecular weight excluding hydrogens is 260 g/mol. The van der Waals surface area contributed by atoms with Gasteiger partial charge in [0.15, 0.2) is 0 Å². The highest BCUT2D eigenvalue weighted by Gasteiger charge is 2.19. The van der Waals surface area contributed by atoms with Gasteiger partial charge in [0.25, 0.3) is 0 Å². The normalized spacial score (nSPS) is 12.3. The Bertz CT molecular complexity index is 777. The van der Waals surface area contributed by atoms with Crippen molar-refractivity contribution in [1.82, 2.24) is 0 Å². The van der Waals surface area contributed by atoms with Gasteiger partial charge in [0.2, 0.25) is 0 Å². The van der Waals surface area contributed by atoms with Gasteiger partial charge in [0, 0.05) is 5.56 Å². The van der Waals surface area contributed by atoms with Crippen molar-refractivity contribution in [2.24, 2.45) is 0 Å². The number of ether oxygens (including phenoxy) is 1. The molecule has 1 unspecified atom stereocenters. The highest BCUT2D eigenvalue weighted by atomic mass is 16.5. The molecule has 0 aliphatic carbocycles. The third-order valence-corrected chi connectivity index (χ3v) is 3.91. The summed E-state index contributed by atoms with van der Waals surface area (Å²) in [5.41, 5.74) is 2.80. The van der Waals surface area contributed by atoms with Crippen LogP contribution >= 0.6 is 0 Å². The zero-order valence-electron chi connectivity index (χ0n) is 12.2. The fourth-order valence-electron chi connectivity index (χ4n) is 2.78. The van der Waals surface area contributed by atoms with Gasteiger partial charge in [0.05, 0.1) is 7.11 Å². The molecule has 0 fully saturated rings. The van der Waals surface area contributed by atoms with Gasteiger partial charge in [-0.05, 0) is 34.9 Å². The Labute approximate surface area is 124 Å². The number of aryl methyl sites for hydroxylation is 1. The number of benzene rings is 3. The van der Waals surface area contributed by atoms with Gasteiger partial charge in [-0.15, -0.1) is 0 Å². The lowest BCUT2D eigenvalue weighted by Gasteiger charge is -2.19. The van der Waals surface area contributed by atoms with Crippen LogP contribution in [0.15, 0.2) is 60.7 Å². The SMILES string of the molecule is COc1ccc2ccccc2c1C(O)c1ccccc1C. The first-order valence-electron chi connectivity index (χ1n) is 7.01. The van der Waals surface area contributed by atoms with E-state index in [-0.39, 0.29) is 0 Å². The van der Waals surface area contributed by atoms with Gasteiger partial charge < -0.3 is 9.84 Å². The number of rotatable bonds is 3. The number of aliphatic hydroxyl groups excluding tert-OH is 1. The van der Waals surface area contributed by atoms with Crippen molar-refractivity contribution >= 4 is 10.8 Å². The highest BCUT2D eigenvalue weighted by Crippen LogP contribution is 2.37. The average Bonchev–Trinajstić information content (AvgIpc) is 2.53. The van der Waals surface area contributed by atoms with Gasteiger partial charge in [-0.2, -0.15) is 0 Å². The van der Waals surface area contributed by atoms with Crippen LogP contribution < -0.4 is 4.74 Å². The zero-order chi connectivity index (χ0) is 14.8. The molecule has 21 heavy (non-hydrogen) atoms. The molecular formula is C19H18O2. The van der Waals surface area contributed by atoms with Gasteiger partial charge in [0.1, 0.15) is 11.9 Å². The summed E-state index contributed by atoms with van der Waals surface area (Å²) >= 11 is 0. The van der Waals surface area contributed by atoms with Crippen LogP contribution in [0.3, 0.4) is 0 Å². The van der Waals surface area contributed by atoms with E-state index in [2.05, 4.69) is 0 Å². The summed E-state index contributed by atoms with van der Waals surface area (Å²) in [4.78, 5) is 0. The number of aliphatic hydroxyl groups is 1. The molecule has 0 saturated heterocycles. The molecule has 0 radical (unpaired) electrons.